The fourth-order valence-corrected chi connectivity index (χ4v) is 2.15. The van der Waals surface area contributed by atoms with Gasteiger partial charge < -0.3 is 5.32 Å². The molecular formula is C13H20N6O2. The Labute approximate surface area is 122 Å². The van der Waals surface area contributed by atoms with Crippen molar-refractivity contribution in [1.29, 1.82) is 0 Å². The predicted molar refractivity (Wildman–Crippen MR) is 79.5 cm³/mol. The molecule has 0 fully saturated rings. The van der Waals surface area contributed by atoms with Crippen LogP contribution in [-0.2, 0) is 20.6 Å². The molecule has 0 radical (unpaired) electrons. The Kier molecular flexibility index (Phi) is 4.25. The minimum absolute atomic E-state index is 0.188. The second kappa shape index (κ2) is 5.94. The first-order valence-electron chi connectivity index (χ1n) is 6.79. The first kappa shape index (κ1) is 15.0. The van der Waals surface area contributed by atoms with Crippen molar-refractivity contribution in [1.82, 2.24) is 24.1 Å². The lowest BCUT2D eigenvalue weighted by molar-refractivity contribution is 0.568. The number of aromatic nitrogens is 5. The van der Waals surface area contributed by atoms with Crippen LogP contribution in [0.15, 0.2) is 15.7 Å². The Morgan fingerprint density at radius 2 is 1.90 bits per heavy atom. The number of nitrogens with zero attached hydrogens (tertiary/aromatic N) is 5. The summed E-state index contributed by atoms with van der Waals surface area (Å²) in [6, 6.07) is 2.03. The van der Waals surface area contributed by atoms with E-state index in [0.717, 1.165) is 33.6 Å². The van der Waals surface area contributed by atoms with Gasteiger partial charge in [-0.05, 0) is 26.3 Å². The molecule has 2 rings (SSSR count). The van der Waals surface area contributed by atoms with E-state index in [0.29, 0.717) is 6.54 Å². The number of hydrogen-bond acceptors (Lipinski definition) is 5. The van der Waals surface area contributed by atoms with E-state index in [-0.39, 0.29) is 5.82 Å². The highest BCUT2D eigenvalue weighted by Gasteiger charge is 2.07. The van der Waals surface area contributed by atoms with Crippen LogP contribution in [0.2, 0.25) is 0 Å². The molecule has 0 unspecified atom stereocenters. The first-order valence-corrected chi connectivity index (χ1v) is 6.79. The fraction of sp³-hybridized carbons (Fsp3) is 0.538. The molecule has 0 saturated carbocycles. The number of anilines is 1. The normalized spacial score (nSPS) is 10.9. The predicted octanol–water partition coefficient (Wildman–Crippen LogP) is -0.205. The van der Waals surface area contributed by atoms with E-state index in [1.807, 2.05) is 24.6 Å². The average Bonchev–Trinajstić information content (AvgIpc) is 2.76. The summed E-state index contributed by atoms with van der Waals surface area (Å²) in [5.41, 5.74) is 1.26. The zero-order valence-electron chi connectivity index (χ0n) is 12.8. The number of rotatable bonds is 5. The summed E-state index contributed by atoms with van der Waals surface area (Å²) < 4.78 is 4.12. The quantitative estimate of drug-likeness (QED) is 0.771. The van der Waals surface area contributed by atoms with Gasteiger partial charge in [0.2, 0.25) is 5.82 Å². The molecule has 114 valence electrons. The van der Waals surface area contributed by atoms with Crippen LogP contribution in [0.3, 0.4) is 0 Å². The van der Waals surface area contributed by atoms with Gasteiger partial charge in [0.25, 0.3) is 5.56 Å². The van der Waals surface area contributed by atoms with Crippen LogP contribution < -0.4 is 16.6 Å². The molecule has 8 nitrogen and oxygen atoms in total. The molecule has 8 heteroatoms. The van der Waals surface area contributed by atoms with Crippen LogP contribution in [-0.4, -0.2) is 30.7 Å². The van der Waals surface area contributed by atoms with Crippen molar-refractivity contribution >= 4 is 5.82 Å². The summed E-state index contributed by atoms with van der Waals surface area (Å²) in [6.45, 7) is 5.31. The number of hydrogen-bond donors (Lipinski definition) is 1. The van der Waals surface area contributed by atoms with Gasteiger partial charge in [-0.3, -0.25) is 14.0 Å². The highest BCUT2D eigenvalue weighted by Crippen LogP contribution is 2.02. The van der Waals surface area contributed by atoms with E-state index in [1.165, 1.54) is 14.1 Å². The zero-order valence-corrected chi connectivity index (χ0v) is 12.8. The average molecular weight is 292 g/mol. The van der Waals surface area contributed by atoms with Crippen molar-refractivity contribution in [3.8, 4) is 0 Å². The number of nitrogens with one attached hydrogen (secondary N) is 1. The molecular weight excluding hydrogens is 272 g/mol. The van der Waals surface area contributed by atoms with Gasteiger partial charge in [0.15, 0.2) is 0 Å². The molecule has 2 aromatic heterocycles. The van der Waals surface area contributed by atoms with Crippen LogP contribution in [0.25, 0.3) is 0 Å². The third-order valence-corrected chi connectivity index (χ3v) is 3.26. The maximum absolute atomic E-state index is 11.9. The summed E-state index contributed by atoms with van der Waals surface area (Å²) in [7, 11) is 2.95. The summed E-state index contributed by atoms with van der Waals surface area (Å²) in [5, 5.41) is 11.3. The molecule has 2 heterocycles. The molecule has 0 aliphatic heterocycles. The lowest BCUT2D eigenvalue weighted by Crippen LogP contribution is -2.40. The van der Waals surface area contributed by atoms with E-state index in [2.05, 4.69) is 15.5 Å². The summed E-state index contributed by atoms with van der Waals surface area (Å²) >= 11 is 0. The Hall–Kier alpha value is -2.38. The molecule has 21 heavy (non-hydrogen) atoms. The molecule has 0 aliphatic carbocycles. The van der Waals surface area contributed by atoms with Gasteiger partial charge in [-0.1, -0.05) is 0 Å². The standard InChI is InChI=1S/C13H20N6O2/c1-9-8-10(2)19(15-9)7-5-6-14-11-12(20)17(3)13(21)18(4)16-11/h8H,5-7H2,1-4H3,(H,14,16). The third-order valence-electron chi connectivity index (χ3n) is 3.26. The van der Waals surface area contributed by atoms with Gasteiger partial charge in [-0.25, -0.2) is 9.48 Å². The molecule has 0 spiro atoms. The lowest BCUT2D eigenvalue weighted by atomic mass is 10.4. The van der Waals surface area contributed by atoms with E-state index < -0.39 is 11.2 Å². The van der Waals surface area contributed by atoms with Gasteiger partial charge in [-0.15, -0.1) is 5.10 Å². The Balaban J connectivity index is 1.97. The lowest BCUT2D eigenvalue weighted by Gasteiger charge is -2.08. The summed E-state index contributed by atoms with van der Waals surface area (Å²) in [6.07, 6.45) is 0.801. The molecule has 0 aliphatic rings. The fourth-order valence-electron chi connectivity index (χ4n) is 2.15. The Morgan fingerprint density at radius 3 is 2.52 bits per heavy atom. The second-order valence-corrected chi connectivity index (χ2v) is 5.05. The highest BCUT2D eigenvalue weighted by atomic mass is 16.2. The first-order chi connectivity index (χ1) is 9.90. The Morgan fingerprint density at radius 1 is 1.19 bits per heavy atom. The van der Waals surface area contributed by atoms with E-state index in [1.54, 1.807) is 0 Å². The highest BCUT2D eigenvalue weighted by molar-refractivity contribution is 5.29. The molecule has 0 amide bonds. The molecule has 0 atom stereocenters. The second-order valence-electron chi connectivity index (χ2n) is 5.05. The molecule has 0 bridgehead atoms. The SMILES string of the molecule is Cc1cc(C)n(CCCNc2nn(C)c(=O)n(C)c2=O)n1. The minimum atomic E-state index is -0.437. The van der Waals surface area contributed by atoms with Gasteiger partial charge >= 0.3 is 5.69 Å². The van der Waals surface area contributed by atoms with Gasteiger partial charge in [-0.2, -0.15) is 5.10 Å². The van der Waals surface area contributed by atoms with Crippen molar-refractivity contribution in [2.75, 3.05) is 11.9 Å². The zero-order chi connectivity index (χ0) is 15.6. The maximum Gasteiger partial charge on any atom is 0.346 e. The van der Waals surface area contributed by atoms with Gasteiger partial charge in [0, 0.05) is 32.9 Å². The van der Waals surface area contributed by atoms with Crippen molar-refractivity contribution in [2.45, 2.75) is 26.8 Å². The molecule has 2 aromatic rings. The van der Waals surface area contributed by atoms with Crippen LogP contribution >= 0.6 is 0 Å². The maximum atomic E-state index is 11.9. The van der Waals surface area contributed by atoms with Crippen molar-refractivity contribution in [3.05, 3.63) is 38.3 Å². The summed E-state index contributed by atoms with van der Waals surface area (Å²) in [5.74, 6) is 0.188. The Bertz CT molecular complexity index is 755. The topological polar surface area (TPSA) is 86.7 Å². The van der Waals surface area contributed by atoms with E-state index in [4.69, 9.17) is 0 Å². The van der Waals surface area contributed by atoms with Gasteiger partial charge in [0.05, 0.1) is 5.69 Å². The van der Waals surface area contributed by atoms with Crippen LogP contribution in [0.4, 0.5) is 5.82 Å². The largest absolute Gasteiger partial charge is 0.364 e. The molecule has 1 N–H and O–H groups in total. The van der Waals surface area contributed by atoms with Crippen molar-refractivity contribution in [3.63, 3.8) is 0 Å². The summed E-state index contributed by atoms with van der Waals surface area (Å²) in [4.78, 5) is 23.4. The van der Waals surface area contributed by atoms with E-state index in [9.17, 15) is 9.59 Å². The number of aryl methyl sites for hydroxylation is 4. The van der Waals surface area contributed by atoms with Crippen LogP contribution in [0.5, 0.6) is 0 Å². The minimum Gasteiger partial charge on any atom is -0.364 e. The van der Waals surface area contributed by atoms with Gasteiger partial charge in [0.1, 0.15) is 0 Å². The van der Waals surface area contributed by atoms with Crippen molar-refractivity contribution < 1.29 is 0 Å². The monoisotopic (exact) mass is 292 g/mol. The van der Waals surface area contributed by atoms with E-state index >= 15 is 0 Å². The molecule has 0 saturated heterocycles. The van der Waals surface area contributed by atoms with Crippen LogP contribution in [0, 0.1) is 13.8 Å². The third kappa shape index (κ3) is 3.21. The smallest absolute Gasteiger partial charge is 0.346 e. The van der Waals surface area contributed by atoms with Crippen LogP contribution in [0.1, 0.15) is 17.8 Å². The van der Waals surface area contributed by atoms with Crippen molar-refractivity contribution in [2.24, 2.45) is 14.1 Å². The molecule has 0 aromatic carbocycles.